The van der Waals surface area contributed by atoms with Crippen molar-refractivity contribution in [3.63, 3.8) is 0 Å². The molecule has 80 valence electrons. The Morgan fingerprint density at radius 1 is 1.19 bits per heavy atom. The van der Waals surface area contributed by atoms with Crippen LogP contribution < -0.4 is 5.56 Å². The van der Waals surface area contributed by atoms with Crippen LogP contribution in [0.4, 0.5) is 0 Å². The average Bonchev–Trinajstić information content (AvgIpc) is 2.78. The monoisotopic (exact) mass is 214 g/mol. The van der Waals surface area contributed by atoms with Gasteiger partial charge in [-0.2, -0.15) is 0 Å². The van der Waals surface area contributed by atoms with Gasteiger partial charge in [0.25, 0.3) is 5.56 Å². The molecule has 16 heavy (non-hydrogen) atoms. The zero-order valence-corrected chi connectivity index (χ0v) is 8.45. The molecule has 0 aliphatic rings. The molecule has 0 aliphatic heterocycles. The van der Waals surface area contributed by atoms with Crippen LogP contribution in [0.3, 0.4) is 0 Å². The van der Waals surface area contributed by atoms with Crippen molar-refractivity contribution in [1.82, 2.24) is 9.97 Å². The third-order valence-corrected chi connectivity index (χ3v) is 2.78. The first-order valence-electron chi connectivity index (χ1n) is 5.02. The van der Waals surface area contributed by atoms with E-state index in [4.69, 9.17) is 5.11 Å². The van der Waals surface area contributed by atoms with Crippen molar-refractivity contribution < 1.29 is 5.11 Å². The van der Waals surface area contributed by atoms with Crippen molar-refractivity contribution in [2.24, 2.45) is 0 Å². The predicted octanol–water partition coefficient (Wildman–Crippen LogP) is 1.50. The highest BCUT2D eigenvalue weighted by Gasteiger charge is 2.05. The van der Waals surface area contributed by atoms with Crippen LogP contribution in [0.5, 0.6) is 0 Å². The molecule has 0 atom stereocenters. The Balaban J connectivity index is 2.53. The Morgan fingerprint density at radius 2 is 2.06 bits per heavy atom. The summed E-state index contributed by atoms with van der Waals surface area (Å²) < 4.78 is 0. The Bertz CT molecular complexity index is 725. The lowest BCUT2D eigenvalue weighted by atomic mass is 10.1. The summed E-state index contributed by atoms with van der Waals surface area (Å²) in [6, 6.07) is 7.29. The minimum absolute atomic E-state index is 0.0270. The molecule has 0 radical (unpaired) electrons. The van der Waals surface area contributed by atoms with Crippen molar-refractivity contribution in [3.8, 4) is 0 Å². The molecule has 0 saturated carbocycles. The molecule has 3 rings (SSSR count). The molecule has 3 N–H and O–H groups in total. The number of benzene rings is 1. The smallest absolute Gasteiger partial charge is 0.257 e. The number of hydrogen-bond acceptors (Lipinski definition) is 2. The second kappa shape index (κ2) is 3.21. The van der Waals surface area contributed by atoms with Crippen LogP contribution in [-0.2, 0) is 6.61 Å². The maximum atomic E-state index is 11.7. The van der Waals surface area contributed by atoms with E-state index in [0.29, 0.717) is 5.39 Å². The Labute approximate surface area is 90.5 Å². The summed E-state index contributed by atoms with van der Waals surface area (Å²) in [6.07, 6.45) is 1.75. The van der Waals surface area contributed by atoms with Gasteiger partial charge in [0.05, 0.1) is 23.0 Å². The number of aromatic amines is 2. The minimum Gasteiger partial charge on any atom is -0.392 e. The molecule has 0 spiro atoms. The zero-order valence-electron chi connectivity index (χ0n) is 8.45. The Morgan fingerprint density at radius 3 is 2.88 bits per heavy atom. The van der Waals surface area contributed by atoms with Gasteiger partial charge < -0.3 is 15.1 Å². The summed E-state index contributed by atoms with van der Waals surface area (Å²) in [4.78, 5) is 17.6. The lowest BCUT2D eigenvalue weighted by Crippen LogP contribution is -2.05. The zero-order chi connectivity index (χ0) is 11.1. The largest absolute Gasteiger partial charge is 0.392 e. The fraction of sp³-hybridized carbons (Fsp3) is 0.0833. The number of fused-ring (bicyclic) bond motifs is 3. The molecule has 3 aromatic rings. The standard InChI is InChI=1S/C12H10N2O2/c15-6-7-1-2-8-10(5-7)14-12(16)9-3-4-13-11(8)9/h1-5,13,15H,6H2,(H,14,16). The lowest BCUT2D eigenvalue weighted by molar-refractivity contribution is 0.282. The molecular formula is C12H10N2O2. The van der Waals surface area contributed by atoms with E-state index in [9.17, 15) is 4.79 Å². The summed E-state index contributed by atoms with van der Waals surface area (Å²) in [5.74, 6) is 0. The van der Waals surface area contributed by atoms with E-state index in [1.807, 2.05) is 12.1 Å². The van der Waals surface area contributed by atoms with E-state index in [1.165, 1.54) is 0 Å². The van der Waals surface area contributed by atoms with E-state index >= 15 is 0 Å². The normalized spacial score (nSPS) is 11.3. The topological polar surface area (TPSA) is 68.9 Å². The van der Waals surface area contributed by atoms with Crippen LogP contribution >= 0.6 is 0 Å². The molecule has 0 unspecified atom stereocenters. The van der Waals surface area contributed by atoms with Gasteiger partial charge in [0, 0.05) is 11.6 Å². The first-order chi connectivity index (χ1) is 7.79. The summed E-state index contributed by atoms with van der Waals surface area (Å²) in [5.41, 5.74) is 2.25. The van der Waals surface area contributed by atoms with Gasteiger partial charge in [-0.1, -0.05) is 12.1 Å². The third kappa shape index (κ3) is 1.17. The van der Waals surface area contributed by atoms with Gasteiger partial charge in [0.1, 0.15) is 0 Å². The summed E-state index contributed by atoms with van der Waals surface area (Å²) in [6.45, 7) is -0.0270. The Kier molecular flexibility index (Phi) is 1.84. The van der Waals surface area contributed by atoms with E-state index < -0.39 is 0 Å². The maximum Gasteiger partial charge on any atom is 0.257 e. The van der Waals surface area contributed by atoms with Gasteiger partial charge in [0.15, 0.2) is 0 Å². The van der Waals surface area contributed by atoms with Crippen molar-refractivity contribution in [1.29, 1.82) is 0 Å². The van der Waals surface area contributed by atoms with Gasteiger partial charge >= 0.3 is 0 Å². The lowest BCUT2D eigenvalue weighted by Gasteiger charge is -2.02. The first-order valence-corrected chi connectivity index (χ1v) is 5.02. The summed E-state index contributed by atoms with van der Waals surface area (Å²) >= 11 is 0. The summed E-state index contributed by atoms with van der Waals surface area (Å²) in [7, 11) is 0. The number of aliphatic hydroxyl groups excluding tert-OH is 1. The molecule has 0 fully saturated rings. The van der Waals surface area contributed by atoms with Crippen LogP contribution in [0.2, 0.25) is 0 Å². The van der Waals surface area contributed by atoms with Crippen molar-refractivity contribution >= 4 is 21.8 Å². The van der Waals surface area contributed by atoms with Crippen molar-refractivity contribution in [3.05, 3.63) is 46.4 Å². The fourth-order valence-electron chi connectivity index (χ4n) is 1.98. The van der Waals surface area contributed by atoms with E-state index in [2.05, 4.69) is 9.97 Å². The number of nitrogens with one attached hydrogen (secondary N) is 2. The minimum atomic E-state index is -0.112. The van der Waals surface area contributed by atoms with Crippen LogP contribution in [0.15, 0.2) is 35.3 Å². The van der Waals surface area contributed by atoms with E-state index in [-0.39, 0.29) is 12.2 Å². The van der Waals surface area contributed by atoms with Crippen LogP contribution in [0, 0.1) is 0 Å². The molecule has 4 nitrogen and oxygen atoms in total. The highest BCUT2D eigenvalue weighted by molar-refractivity contribution is 6.03. The molecule has 0 aliphatic carbocycles. The third-order valence-electron chi connectivity index (χ3n) is 2.78. The van der Waals surface area contributed by atoms with Gasteiger partial charge in [0.2, 0.25) is 0 Å². The summed E-state index contributed by atoms with van der Waals surface area (Å²) in [5, 5.41) is 10.7. The van der Waals surface area contributed by atoms with Crippen molar-refractivity contribution in [2.75, 3.05) is 0 Å². The molecule has 4 heteroatoms. The van der Waals surface area contributed by atoms with Gasteiger partial charge in [-0.25, -0.2) is 0 Å². The average molecular weight is 214 g/mol. The highest BCUT2D eigenvalue weighted by atomic mass is 16.3. The van der Waals surface area contributed by atoms with Crippen LogP contribution in [0.1, 0.15) is 5.56 Å². The highest BCUT2D eigenvalue weighted by Crippen LogP contribution is 2.20. The molecule has 0 amide bonds. The number of aliphatic hydroxyl groups is 1. The number of aromatic nitrogens is 2. The number of hydrogen-bond donors (Lipinski definition) is 3. The molecular weight excluding hydrogens is 204 g/mol. The van der Waals surface area contributed by atoms with Crippen LogP contribution in [0.25, 0.3) is 21.8 Å². The molecule has 2 aromatic heterocycles. The predicted molar refractivity (Wildman–Crippen MR) is 62.3 cm³/mol. The van der Waals surface area contributed by atoms with E-state index in [0.717, 1.165) is 22.0 Å². The number of H-pyrrole nitrogens is 2. The molecule has 0 bridgehead atoms. The Hall–Kier alpha value is -2.07. The van der Waals surface area contributed by atoms with Gasteiger partial charge in [-0.3, -0.25) is 4.79 Å². The second-order valence-corrected chi connectivity index (χ2v) is 3.76. The van der Waals surface area contributed by atoms with E-state index in [1.54, 1.807) is 18.3 Å². The first kappa shape index (κ1) is 9.18. The van der Waals surface area contributed by atoms with Gasteiger partial charge in [-0.15, -0.1) is 0 Å². The SMILES string of the molecule is O=c1[nH]c2cc(CO)ccc2c2[nH]ccc12. The quantitative estimate of drug-likeness (QED) is 0.574. The second-order valence-electron chi connectivity index (χ2n) is 3.76. The molecule has 0 saturated heterocycles. The number of rotatable bonds is 1. The molecule has 2 heterocycles. The molecule has 1 aromatic carbocycles. The van der Waals surface area contributed by atoms with Gasteiger partial charge in [-0.05, 0) is 17.7 Å². The van der Waals surface area contributed by atoms with Crippen LogP contribution in [-0.4, -0.2) is 15.1 Å². The maximum absolute atomic E-state index is 11.7. The number of pyridine rings is 1. The fourth-order valence-corrected chi connectivity index (χ4v) is 1.98. The van der Waals surface area contributed by atoms with Crippen molar-refractivity contribution in [2.45, 2.75) is 6.61 Å².